The molecule has 1 heterocycles. The van der Waals surface area contributed by atoms with Crippen LogP contribution < -0.4 is 5.73 Å². The minimum absolute atomic E-state index is 0.0374. The molecule has 16 heavy (non-hydrogen) atoms. The second kappa shape index (κ2) is 4.76. The predicted octanol–water partition coefficient (Wildman–Crippen LogP) is 2.39. The molecule has 0 bridgehead atoms. The number of aromatic nitrogens is 2. The van der Waals surface area contributed by atoms with Crippen LogP contribution in [0.1, 0.15) is 12.7 Å². The van der Waals surface area contributed by atoms with Crippen molar-refractivity contribution in [3.05, 3.63) is 34.6 Å². The van der Waals surface area contributed by atoms with Gasteiger partial charge in [0, 0.05) is 22.5 Å². The minimum atomic E-state index is 0.0374. The van der Waals surface area contributed by atoms with E-state index in [2.05, 4.69) is 26.1 Å². The average molecular weight is 282 g/mol. The van der Waals surface area contributed by atoms with Gasteiger partial charge in [-0.3, -0.25) is 0 Å². The van der Waals surface area contributed by atoms with Gasteiger partial charge in [0.15, 0.2) is 5.82 Å². The summed E-state index contributed by atoms with van der Waals surface area (Å²) >= 11 is 3.37. The Morgan fingerprint density at radius 3 is 2.69 bits per heavy atom. The Hall–Kier alpha value is -1.20. The Labute approximate surface area is 102 Å². The van der Waals surface area contributed by atoms with Crippen LogP contribution in [0.25, 0.3) is 11.5 Å². The summed E-state index contributed by atoms with van der Waals surface area (Å²) in [4.78, 5) is 4.28. The first-order chi connectivity index (χ1) is 7.65. The molecule has 1 atom stereocenters. The normalized spacial score (nSPS) is 12.7. The van der Waals surface area contributed by atoms with E-state index in [9.17, 15) is 0 Å². The summed E-state index contributed by atoms with van der Waals surface area (Å²) in [6.07, 6.45) is 0.625. The van der Waals surface area contributed by atoms with Gasteiger partial charge < -0.3 is 10.3 Å². The molecule has 1 aromatic heterocycles. The van der Waals surface area contributed by atoms with Crippen LogP contribution in [0, 0.1) is 0 Å². The summed E-state index contributed by atoms with van der Waals surface area (Å²) in [5, 5.41) is 3.88. The number of hydrogen-bond acceptors (Lipinski definition) is 4. The highest BCUT2D eigenvalue weighted by molar-refractivity contribution is 9.10. The van der Waals surface area contributed by atoms with Crippen LogP contribution in [0.4, 0.5) is 0 Å². The summed E-state index contributed by atoms with van der Waals surface area (Å²) in [6.45, 7) is 1.91. The first-order valence-electron chi connectivity index (χ1n) is 4.99. The molecule has 5 heteroatoms. The number of benzene rings is 1. The molecule has 0 radical (unpaired) electrons. The number of rotatable bonds is 3. The Bertz CT molecular complexity index is 464. The zero-order valence-electron chi connectivity index (χ0n) is 8.85. The summed E-state index contributed by atoms with van der Waals surface area (Å²) in [6, 6.07) is 7.76. The van der Waals surface area contributed by atoms with E-state index in [0.717, 1.165) is 10.0 Å². The molecule has 84 valence electrons. The Balaban J connectivity index is 2.21. The van der Waals surface area contributed by atoms with Gasteiger partial charge in [-0.2, -0.15) is 4.98 Å². The molecule has 0 amide bonds. The first-order valence-corrected chi connectivity index (χ1v) is 5.78. The lowest BCUT2D eigenvalue weighted by molar-refractivity contribution is 0.420. The van der Waals surface area contributed by atoms with E-state index in [-0.39, 0.29) is 6.04 Å². The van der Waals surface area contributed by atoms with Crippen molar-refractivity contribution in [1.29, 1.82) is 0 Å². The fourth-order valence-corrected chi connectivity index (χ4v) is 1.60. The van der Waals surface area contributed by atoms with Crippen molar-refractivity contribution in [3.63, 3.8) is 0 Å². The van der Waals surface area contributed by atoms with Gasteiger partial charge in [0.05, 0.1) is 0 Å². The molecule has 0 aliphatic rings. The quantitative estimate of drug-likeness (QED) is 0.938. The van der Waals surface area contributed by atoms with Gasteiger partial charge in [-0.05, 0) is 31.2 Å². The van der Waals surface area contributed by atoms with Crippen LogP contribution in [-0.2, 0) is 6.42 Å². The standard InChI is InChI=1S/C11H12BrN3O/c1-7(13)6-10-14-11(16-15-10)8-2-4-9(12)5-3-8/h2-5,7H,6,13H2,1H3. The van der Waals surface area contributed by atoms with Crippen molar-refractivity contribution >= 4 is 15.9 Å². The summed E-state index contributed by atoms with van der Waals surface area (Å²) < 4.78 is 6.18. The highest BCUT2D eigenvalue weighted by Crippen LogP contribution is 2.20. The summed E-state index contributed by atoms with van der Waals surface area (Å²) in [7, 11) is 0. The Kier molecular flexibility index (Phi) is 3.36. The van der Waals surface area contributed by atoms with Crippen LogP contribution in [0.5, 0.6) is 0 Å². The third-order valence-corrected chi connectivity index (χ3v) is 2.59. The molecule has 4 nitrogen and oxygen atoms in total. The highest BCUT2D eigenvalue weighted by Gasteiger charge is 2.09. The highest BCUT2D eigenvalue weighted by atomic mass is 79.9. The van der Waals surface area contributed by atoms with Crippen LogP contribution in [-0.4, -0.2) is 16.2 Å². The maximum absolute atomic E-state index is 5.66. The molecule has 2 aromatic rings. The second-order valence-corrected chi connectivity index (χ2v) is 4.62. The van der Waals surface area contributed by atoms with E-state index in [1.165, 1.54) is 0 Å². The fourth-order valence-electron chi connectivity index (χ4n) is 1.33. The Morgan fingerprint density at radius 1 is 1.38 bits per heavy atom. The lowest BCUT2D eigenvalue weighted by Gasteiger charge is -1.97. The van der Waals surface area contributed by atoms with Crippen molar-refractivity contribution in [3.8, 4) is 11.5 Å². The van der Waals surface area contributed by atoms with Crippen molar-refractivity contribution in [2.75, 3.05) is 0 Å². The molecule has 2 N–H and O–H groups in total. The number of nitrogens with zero attached hydrogens (tertiary/aromatic N) is 2. The van der Waals surface area contributed by atoms with Gasteiger partial charge in [0.1, 0.15) is 0 Å². The van der Waals surface area contributed by atoms with Gasteiger partial charge in [0.25, 0.3) is 5.89 Å². The zero-order valence-corrected chi connectivity index (χ0v) is 10.4. The van der Waals surface area contributed by atoms with E-state index in [0.29, 0.717) is 18.1 Å². The Morgan fingerprint density at radius 2 is 2.06 bits per heavy atom. The van der Waals surface area contributed by atoms with Gasteiger partial charge in [-0.1, -0.05) is 21.1 Å². The summed E-state index contributed by atoms with van der Waals surface area (Å²) in [5.41, 5.74) is 6.57. The van der Waals surface area contributed by atoms with Crippen molar-refractivity contribution in [1.82, 2.24) is 10.1 Å². The zero-order chi connectivity index (χ0) is 11.5. The number of hydrogen-bond donors (Lipinski definition) is 1. The maximum atomic E-state index is 5.66. The van der Waals surface area contributed by atoms with Crippen LogP contribution in [0.2, 0.25) is 0 Å². The molecule has 2 rings (SSSR count). The molecule has 0 saturated heterocycles. The smallest absolute Gasteiger partial charge is 0.257 e. The molecule has 1 aromatic carbocycles. The summed E-state index contributed by atoms with van der Waals surface area (Å²) in [5.74, 6) is 1.18. The van der Waals surface area contributed by atoms with E-state index >= 15 is 0 Å². The maximum Gasteiger partial charge on any atom is 0.257 e. The molecular weight excluding hydrogens is 270 g/mol. The lowest BCUT2D eigenvalue weighted by atomic mass is 10.2. The van der Waals surface area contributed by atoms with E-state index in [4.69, 9.17) is 10.3 Å². The molecule has 1 unspecified atom stereocenters. The molecule has 0 aliphatic carbocycles. The van der Waals surface area contributed by atoms with Gasteiger partial charge in [0.2, 0.25) is 0 Å². The van der Waals surface area contributed by atoms with E-state index in [1.54, 1.807) is 0 Å². The number of halogens is 1. The van der Waals surface area contributed by atoms with Gasteiger partial charge >= 0.3 is 0 Å². The lowest BCUT2D eigenvalue weighted by Crippen LogP contribution is -2.18. The largest absolute Gasteiger partial charge is 0.334 e. The third kappa shape index (κ3) is 2.68. The van der Waals surface area contributed by atoms with E-state index in [1.807, 2.05) is 31.2 Å². The van der Waals surface area contributed by atoms with Crippen molar-refractivity contribution in [2.24, 2.45) is 5.73 Å². The van der Waals surface area contributed by atoms with Crippen LogP contribution >= 0.6 is 15.9 Å². The van der Waals surface area contributed by atoms with Crippen molar-refractivity contribution < 1.29 is 4.52 Å². The predicted molar refractivity (Wildman–Crippen MR) is 64.8 cm³/mol. The number of nitrogens with two attached hydrogens (primary N) is 1. The molecular formula is C11H12BrN3O. The SMILES string of the molecule is CC(N)Cc1noc(-c2ccc(Br)cc2)n1. The van der Waals surface area contributed by atoms with Gasteiger partial charge in [-0.15, -0.1) is 0 Å². The first kappa shape index (κ1) is 11.3. The molecule has 0 aliphatic heterocycles. The molecule has 0 spiro atoms. The average Bonchev–Trinajstić information content (AvgIpc) is 2.66. The second-order valence-electron chi connectivity index (χ2n) is 3.70. The topological polar surface area (TPSA) is 64.9 Å². The minimum Gasteiger partial charge on any atom is -0.334 e. The third-order valence-electron chi connectivity index (χ3n) is 2.06. The van der Waals surface area contributed by atoms with Crippen molar-refractivity contribution in [2.45, 2.75) is 19.4 Å². The molecule has 0 fully saturated rings. The van der Waals surface area contributed by atoms with Gasteiger partial charge in [-0.25, -0.2) is 0 Å². The van der Waals surface area contributed by atoms with E-state index < -0.39 is 0 Å². The van der Waals surface area contributed by atoms with Crippen LogP contribution in [0.15, 0.2) is 33.3 Å². The monoisotopic (exact) mass is 281 g/mol. The van der Waals surface area contributed by atoms with Crippen LogP contribution in [0.3, 0.4) is 0 Å². The fraction of sp³-hybridized carbons (Fsp3) is 0.273. The molecule has 0 saturated carbocycles.